The minimum Gasteiger partial charge on any atom is -0.493 e. The van der Waals surface area contributed by atoms with Crippen LogP contribution in [-0.4, -0.2) is 37.1 Å². The molecule has 0 aliphatic heterocycles. The Morgan fingerprint density at radius 2 is 1.68 bits per heavy atom. The van der Waals surface area contributed by atoms with E-state index in [9.17, 15) is 14.0 Å². The summed E-state index contributed by atoms with van der Waals surface area (Å²) >= 11 is 0. The second-order valence-corrected chi connectivity index (χ2v) is 9.25. The summed E-state index contributed by atoms with van der Waals surface area (Å²) < 4.78 is 46.1. The average Bonchev–Trinajstić information content (AvgIpc) is 3.76. The van der Waals surface area contributed by atoms with E-state index < -0.39 is 28.9 Å². The Kier molecular flexibility index (Phi) is 7.22. The standard InChI is InChI=1S/C29H26F2N4O5/c1-38-25-15-20-22(16-26(25)39-13-11-32)34-12-8-23(20)40-24-7-6-19(14-21(24)31)35(18-4-2-17(30)3-5-18)28(37)29(9-10-29)27(33)36/h2-8,12,14-16H,9-11,13,32H2,1H3,(H2,33,36). The number of aromatic nitrogens is 1. The van der Waals surface area contributed by atoms with Gasteiger partial charge in [-0.25, -0.2) is 8.78 Å². The summed E-state index contributed by atoms with van der Waals surface area (Å²) in [5, 5.41) is 0.545. The number of pyridine rings is 1. The molecular weight excluding hydrogens is 522 g/mol. The third kappa shape index (κ3) is 4.98. The molecule has 4 aromatic rings. The molecule has 1 aliphatic rings. The lowest BCUT2D eigenvalue weighted by Gasteiger charge is -2.26. The number of ether oxygens (including phenoxy) is 3. The monoisotopic (exact) mass is 548 g/mol. The van der Waals surface area contributed by atoms with Gasteiger partial charge in [-0.3, -0.25) is 19.5 Å². The van der Waals surface area contributed by atoms with E-state index in [-0.39, 0.29) is 36.6 Å². The van der Waals surface area contributed by atoms with Crippen molar-refractivity contribution in [1.29, 1.82) is 0 Å². The van der Waals surface area contributed by atoms with Crippen LogP contribution in [0.4, 0.5) is 20.2 Å². The minimum atomic E-state index is -1.39. The van der Waals surface area contributed by atoms with Crippen molar-refractivity contribution < 1.29 is 32.6 Å². The van der Waals surface area contributed by atoms with Crippen LogP contribution in [0, 0.1) is 17.0 Å². The lowest BCUT2D eigenvalue weighted by Crippen LogP contribution is -2.41. The fourth-order valence-electron chi connectivity index (χ4n) is 4.37. The van der Waals surface area contributed by atoms with E-state index in [0.29, 0.717) is 34.7 Å². The number of anilines is 2. The second kappa shape index (κ2) is 10.8. The molecule has 1 saturated carbocycles. The molecule has 2 amide bonds. The second-order valence-electron chi connectivity index (χ2n) is 9.25. The molecule has 4 N–H and O–H groups in total. The third-order valence-corrected chi connectivity index (χ3v) is 6.67. The van der Waals surface area contributed by atoms with Gasteiger partial charge in [-0.2, -0.15) is 0 Å². The number of fused-ring (bicyclic) bond motifs is 1. The van der Waals surface area contributed by atoms with E-state index in [1.54, 1.807) is 18.2 Å². The number of nitrogens with zero attached hydrogens (tertiary/aromatic N) is 2. The van der Waals surface area contributed by atoms with E-state index in [4.69, 9.17) is 25.7 Å². The largest absolute Gasteiger partial charge is 0.493 e. The number of primary amides is 1. The van der Waals surface area contributed by atoms with Crippen LogP contribution in [-0.2, 0) is 9.59 Å². The van der Waals surface area contributed by atoms with E-state index in [2.05, 4.69) is 4.98 Å². The van der Waals surface area contributed by atoms with E-state index >= 15 is 4.39 Å². The molecular formula is C29H26F2N4O5. The normalized spacial score (nSPS) is 13.5. The van der Waals surface area contributed by atoms with Gasteiger partial charge in [0, 0.05) is 35.9 Å². The van der Waals surface area contributed by atoms with Crippen LogP contribution in [0.2, 0.25) is 0 Å². The molecule has 9 nitrogen and oxygen atoms in total. The number of carbonyl (C=O) groups is 2. The first-order valence-electron chi connectivity index (χ1n) is 12.4. The molecule has 0 bridgehead atoms. The smallest absolute Gasteiger partial charge is 0.247 e. The first-order valence-corrected chi connectivity index (χ1v) is 12.4. The van der Waals surface area contributed by atoms with E-state index in [1.807, 2.05) is 0 Å². The Morgan fingerprint density at radius 1 is 0.950 bits per heavy atom. The maximum Gasteiger partial charge on any atom is 0.247 e. The summed E-state index contributed by atoms with van der Waals surface area (Å²) in [4.78, 5) is 31.1. The molecule has 206 valence electrons. The van der Waals surface area contributed by atoms with Gasteiger partial charge in [-0.1, -0.05) is 0 Å². The zero-order valence-electron chi connectivity index (χ0n) is 21.5. The van der Waals surface area contributed by atoms with Gasteiger partial charge in [0.05, 0.1) is 18.3 Å². The Bertz CT molecular complexity index is 1590. The van der Waals surface area contributed by atoms with Crippen LogP contribution < -0.4 is 30.6 Å². The average molecular weight is 549 g/mol. The summed E-state index contributed by atoms with van der Waals surface area (Å²) in [7, 11) is 1.49. The number of hydrogen-bond donors (Lipinski definition) is 2. The van der Waals surface area contributed by atoms with Crippen molar-refractivity contribution in [3.63, 3.8) is 0 Å². The lowest BCUT2D eigenvalue weighted by molar-refractivity contribution is -0.133. The SMILES string of the molecule is COc1cc2c(Oc3ccc(N(C(=O)C4(C(N)=O)CC4)c4ccc(F)cc4)cc3F)ccnc2cc1OCCN. The molecule has 3 aromatic carbocycles. The Balaban J connectivity index is 1.50. The molecule has 0 spiro atoms. The van der Waals surface area contributed by atoms with E-state index in [0.717, 1.165) is 6.07 Å². The predicted octanol–water partition coefficient (Wildman–Crippen LogP) is 4.58. The maximum absolute atomic E-state index is 15.5. The van der Waals surface area contributed by atoms with Crippen LogP contribution in [0.3, 0.4) is 0 Å². The highest BCUT2D eigenvalue weighted by Crippen LogP contribution is 2.49. The van der Waals surface area contributed by atoms with Gasteiger partial charge in [0.2, 0.25) is 11.8 Å². The predicted molar refractivity (Wildman–Crippen MR) is 144 cm³/mol. The molecule has 0 unspecified atom stereocenters. The number of benzene rings is 3. The van der Waals surface area contributed by atoms with Gasteiger partial charge in [0.1, 0.15) is 23.6 Å². The molecule has 1 fully saturated rings. The zero-order chi connectivity index (χ0) is 28.4. The van der Waals surface area contributed by atoms with Crippen LogP contribution in [0.1, 0.15) is 12.8 Å². The van der Waals surface area contributed by atoms with E-state index in [1.165, 1.54) is 54.6 Å². The number of nitrogens with two attached hydrogens (primary N) is 2. The van der Waals surface area contributed by atoms with Crippen LogP contribution in [0.25, 0.3) is 10.9 Å². The molecule has 1 aromatic heterocycles. The van der Waals surface area contributed by atoms with Crippen LogP contribution in [0.15, 0.2) is 66.9 Å². The summed E-state index contributed by atoms with van der Waals surface area (Å²) in [5.41, 5.74) is 10.6. The summed E-state index contributed by atoms with van der Waals surface area (Å²) in [6.07, 6.45) is 2.07. The van der Waals surface area contributed by atoms with Gasteiger partial charge >= 0.3 is 0 Å². The number of amides is 2. The van der Waals surface area contributed by atoms with Crippen molar-refractivity contribution in [2.45, 2.75) is 12.8 Å². The third-order valence-electron chi connectivity index (χ3n) is 6.67. The van der Waals surface area contributed by atoms with Gasteiger partial charge < -0.3 is 25.7 Å². The highest BCUT2D eigenvalue weighted by Gasteiger charge is 2.57. The molecule has 0 atom stereocenters. The van der Waals surface area contributed by atoms with Gasteiger partial charge in [-0.15, -0.1) is 0 Å². The van der Waals surface area contributed by atoms with Crippen molar-refractivity contribution >= 4 is 34.1 Å². The summed E-state index contributed by atoms with van der Waals surface area (Å²) in [5.74, 6) is -1.61. The first kappa shape index (κ1) is 26.8. The van der Waals surface area contributed by atoms with Gasteiger partial charge in [-0.05, 0) is 61.4 Å². The molecule has 1 heterocycles. The highest BCUT2D eigenvalue weighted by molar-refractivity contribution is 6.16. The molecule has 1 aliphatic carbocycles. The van der Waals surface area contributed by atoms with Crippen molar-refractivity contribution in [2.24, 2.45) is 16.9 Å². The quantitative estimate of drug-likeness (QED) is 0.278. The van der Waals surface area contributed by atoms with Gasteiger partial charge in [0.25, 0.3) is 0 Å². The molecule has 11 heteroatoms. The van der Waals surface area contributed by atoms with Crippen molar-refractivity contribution in [3.8, 4) is 23.0 Å². The number of carbonyl (C=O) groups excluding carboxylic acids is 2. The fraction of sp³-hybridized carbons (Fsp3) is 0.207. The minimum absolute atomic E-state index is 0.122. The summed E-state index contributed by atoms with van der Waals surface area (Å²) in [6, 6.07) is 13.9. The Labute approximate surface area is 228 Å². The Hall–Kier alpha value is -4.77. The first-order chi connectivity index (χ1) is 19.3. The van der Waals surface area contributed by atoms with Crippen molar-refractivity contribution in [1.82, 2.24) is 4.98 Å². The number of hydrogen-bond acceptors (Lipinski definition) is 7. The number of rotatable bonds is 10. The molecule has 40 heavy (non-hydrogen) atoms. The summed E-state index contributed by atoms with van der Waals surface area (Å²) in [6.45, 7) is 0.606. The lowest BCUT2D eigenvalue weighted by atomic mass is 10.0. The number of methoxy groups -OCH3 is 1. The van der Waals surface area contributed by atoms with Crippen molar-refractivity contribution in [3.05, 3.63) is 78.5 Å². The zero-order valence-corrected chi connectivity index (χ0v) is 21.5. The van der Waals surface area contributed by atoms with Crippen molar-refractivity contribution in [2.75, 3.05) is 25.2 Å². The van der Waals surface area contributed by atoms with Crippen LogP contribution >= 0.6 is 0 Å². The highest BCUT2D eigenvalue weighted by atomic mass is 19.1. The fourth-order valence-corrected chi connectivity index (χ4v) is 4.37. The molecule has 0 saturated heterocycles. The molecule has 5 rings (SSSR count). The maximum atomic E-state index is 15.5. The molecule has 0 radical (unpaired) electrons. The Morgan fingerprint density at radius 3 is 2.30 bits per heavy atom. The topological polar surface area (TPSA) is 130 Å². The van der Waals surface area contributed by atoms with Crippen LogP contribution in [0.5, 0.6) is 23.0 Å². The number of halogens is 2. The van der Waals surface area contributed by atoms with Gasteiger partial charge in [0.15, 0.2) is 23.1 Å².